The average molecular weight is 492 g/mol. The van der Waals surface area contributed by atoms with E-state index in [0.29, 0.717) is 43.5 Å². The minimum atomic E-state index is -4.42. The predicted molar refractivity (Wildman–Crippen MR) is 123 cm³/mol. The van der Waals surface area contributed by atoms with Gasteiger partial charge in [0.1, 0.15) is 6.33 Å². The summed E-state index contributed by atoms with van der Waals surface area (Å²) in [5.41, 5.74) is -0.137. The Morgan fingerprint density at radius 1 is 1.09 bits per heavy atom. The average Bonchev–Trinajstić information content (AvgIpc) is 2.87. The van der Waals surface area contributed by atoms with Crippen LogP contribution in [0.1, 0.15) is 55.7 Å². The molecule has 1 atom stereocenters. The maximum Gasteiger partial charge on any atom is 0.416 e. The molecular weight excluding hydrogens is 462 g/mol. The molecule has 10 heteroatoms. The van der Waals surface area contributed by atoms with Crippen LogP contribution in [-0.2, 0) is 10.9 Å². The van der Waals surface area contributed by atoms with Gasteiger partial charge in [0.25, 0.3) is 0 Å². The van der Waals surface area contributed by atoms with E-state index < -0.39 is 23.6 Å². The van der Waals surface area contributed by atoms with E-state index >= 15 is 4.39 Å². The molecule has 1 saturated carbocycles. The summed E-state index contributed by atoms with van der Waals surface area (Å²) < 4.78 is 59.9. The molecule has 2 aromatic rings. The second-order valence-electron chi connectivity index (χ2n) is 9.23. The summed E-state index contributed by atoms with van der Waals surface area (Å²) in [6.07, 6.45) is 2.64. The van der Waals surface area contributed by atoms with Gasteiger partial charge in [0.05, 0.1) is 30.9 Å². The fourth-order valence-corrected chi connectivity index (χ4v) is 4.95. The first kappa shape index (κ1) is 25.2. The van der Waals surface area contributed by atoms with Gasteiger partial charge in [0.15, 0.2) is 11.6 Å². The topological polar surface area (TPSA) is 74.1 Å². The van der Waals surface area contributed by atoms with Gasteiger partial charge < -0.3 is 15.0 Å². The van der Waals surface area contributed by atoms with Crippen molar-refractivity contribution in [3.8, 4) is 6.07 Å². The zero-order valence-electron chi connectivity index (χ0n) is 19.4. The number of hydrogen-bond acceptors (Lipinski definition) is 6. The highest BCUT2D eigenvalue weighted by Crippen LogP contribution is 2.35. The molecule has 188 valence electrons. The van der Waals surface area contributed by atoms with E-state index in [2.05, 4.69) is 21.4 Å². The highest BCUT2D eigenvalue weighted by Gasteiger charge is 2.32. The number of hydrogen-bond donors (Lipinski definition) is 1. The van der Waals surface area contributed by atoms with Crippen molar-refractivity contribution in [2.75, 3.05) is 36.5 Å². The highest BCUT2D eigenvalue weighted by molar-refractivity contribution is 5.53. The smallest absolute Gasteiger partial charge is 0.377 e. The Balaban J connectivity index is 1.43. The van der Waals surface area contributed by atoms with Gasteiger partial charge in [0, 0.05) is 19.5 Å². The number of halogens is 4. The van der Waals surface area contributed by atoms with E-state index in [-0.39, 0.29) is 18.2 Å². The van der Waals surface area contributed by atoms with Crippen molar-refractivity contribution in [2.24, 2.45) is 11.8 Å². The van der Waals surface area contributed by atoms with Gasteiger partial charge in [-0.15, -0.1) is 0 Å². The summed E-state index contributed by atoms with van der Waals surface area (Å²) in [4.78, 5) is 9.99. The minimum absolute atomic E-state index is 0.107. The van der Waals surface area contributed by atoms with Crippen molar-refractivity contribution >= 4 is 11.6 Å². The standard InChI is InChI=1S/C25H29F4N5O/c26-22-23(31-14-18-5-3-17(4-6-18)2-1-11-30)32-16-33-24(22)34-12-13-35-15-21(34)19-7-9-20(10-8-19)25(27,28)29/h7-10,16-18,21H,1-6,12-15H2,(H,31,32,33)/t17-,18-,21-/m1/s1. The SMILES string of the molecule is N#CCC[C@H]1CC[C@H](CNc2ncnc(N3CCOC[C@@H]3c3ccc(C(F)(F)F)cc3)c2F)CC1. The van der Waals surface area contributed by atoms with Crippen LogP contribution in [0.4, 0.5) is 29.2 Å². The summed E-state index contributed by atoms with van der Waals surface area (Å²) in [7, 11) is 0. The fraction of sp³-hybridized carbons (Fsp3) is 0.560. The summed E-state index contributed by atoms with van der Waals surface area (Å²) in [6, 6.07) is 6.61. The lowest BCUT2D eigenvalue weighted by Crippen LogP contribution is -2.40. The van der Waals surface area contributed by atoms with Gasteiger partial charge in [-0.3, -0.25) is 0 Å². The lowest BCUT2D eigenvalue weighted by Gasteiger charge is -2.37. The maximum atomic E-state index is 15.5. The monoisotopic (exact) mass is 491 g/mol. The van der Waals surface area contributed by atoms with Crippen LogP contribution in [-0.4, -0.2) is 36.3 Å². The number of morpholine rings is 1. The largest absolute Gasteiger partial charge is 0.416 e. The van der Waals surface area contributed by atoms with Crippen LogP contribution in [0, 0.1) is 29.0 Å². The molecule has 1 N–H and O–H groups in total. The van der Waals surface area contributed by atoms with E-state index in [4.69, 9.17) is 10.00 Å². The molecule has 0 spiro atoms. The third kappa shape index (κ3) is 6.20. The van der Waals surface area contributed by atoms with Crippen LogP contribution < -0.4 is 10.2 Å². The van der Waals surface area contributed by atoms with E-state index in [1.165, 1.54) is 18.5 Å². The molecular formula is C25H29F4N5O. The van der Waals surface area contributed by atoms with E-state index in [1.807, 2.05) is 0 Å². The number of alkyl halides is 3. The number of ether oxygens (including phenoxy) is 1. The molecule has 0 amide bonds. The van der Waals surface area contributed by atoms with E-state index in [9.17, 15) is 13.2 Å². The molecule has 4 rings (SSSR count). The molecule has 1 aliphatic heterocycles. The van der Waals surface area contributed by atoms with Gasteiger partial charge in [-0.25, -0.2) is 9.97 Å². The molecule has 2 fully saturated rings. The third-order valence-electron chi connectivity index (χ3n) is 6.98. The van der Waals surface area contributed by atoms with Crippen molar-refractivity contribution in [3.63, 3.8) is 0 Å². The second-order valence-corrected chi connectivity index (χ2v) is 9.23. The number of rotatable bonds is 7. The molecule has 0 radical (unpaired) electrons. The van der Waals surface area contributed by atoms with Gasteiger partial charge >= 0.3 is 6.18 Å². The number of anilines is 2. The van der Waals surface area contributed by atoms with Gasteiger partial charge in [-0.1, -0.05) is 25.0 Å². The zero-order chi connectivity index (χ0) is 24.8. The molecule has 6 nitrogen and oxygen atoms in total. The molecule has 0 unspecified atom stereocenters. The highest BCUT2D eigenvalue weighted by atomic mass is 19.4. The van der Waals surface area contributed by atoms with Crippen LogP contribution in [0.2, 0.25) is 0 Å². The fourth-order valence-electron chi connectivity index (χ4n) is 4.95. The first-order valence-electron chi connectivity index (χ1n) is 12.0. The van der Waals surface area contributed by atoms with E-state index in [0.717, 1.165) is 44.2 Å². The van der Waals surface area contributed by atoms with Gasteiger partial charge in [0.2, 0.25) is 5.82 Å². The summed E-state index contributed by atoms with van der Waals surface area (Å²) >= 11 is 0. The molecule has 0 bridgehead atoms. The van der Waals surface area contributed by atoms with Crippen LogP contribution in [0.3, 0.4) is 0 Å². The molecule has 1 aromatic carbocycles. The van der Waals surface area contributed by atoms with Crippen LogP contribution in [0.5, 0.6) is 0 Å². The normalized spacial score (nSPS) is 23.1. The van der Waals surface area contributed by atoms with Crippen LogP contribution in [0.15, 0.2) is 30.6 Å². The Bertz CT molecular complexity index is 1020. The number of nitrogens with one attached hydrogen (secondary N) is 1. The van der Waals surface area contributed by atoms with Crippen molar-refractivity contribution in [3.05, 3.63) is 47.5 Å². The van der Waals surface area contributed by atoms with Gasteiger partial charge in [-0.05, 0) is 48.8 Å². The Kier molecular flexibility index (Phi) is 8.06. The molecule has 2 heterocycles. The Morgan fingerprint density at radius 3 is 2.49 bits per heavy atom. The van der Waals surface area contributed by atoms with Gasteiger partial charge in [-0.2, -0.15) is 22.8 Å². The van der Waals surface area contributed by atoms with Crippen molar-refractivity contribution < 1.29 is 22.3 Å². The summed E-state index contributed by atoms with van der Waals surface area (Å²) in [5, 5.41) is 11.9. The maximum absolute atomic E-state index is 15.5. The Morgan fingerprint density at radius 2 is 1.80 bits per heavy atom. The number of nitriles is 1. The zero-order valence-corrected chi connectivity index (χ0v) is 19.4. The van der Waals surface area contributed by atoms with Crippen molar-refractivity contribution in [2.45, 2.75) is 50.7 Å². The molecule has 1 aliphatic carbocycles. The lowest BCUT2D eigenvalue weighted by molar-refractivity contribution is -0.137. The van der Waals surface area contributed by atoms with Crippen molar-refractivity contribution in [1.29, 1.82) is 5.26 Å². The quantitative estimate of drug-likeness (QED) is 0.499. The van der Waals surface area contributed by atoms with Crippen LogP contribution >= 0.6 is 0 Å². The molecule has 1 saturated heterocycles. The van der Waals surface area contributed by atoms with E-state index in [1.54, 1.807) is 4.90 Å². The lowest BCUT2D eigenvalue weighted by atomic mass is 9.80. The summed E-state index contributed by atoms with van der Waals surface area (Å²) in [5.74, 6) is 0.662. The summed E-state index contributed by atoms with van der Waals surface area (Å²) in [6.45, 7) is 1.53. The number of aromatic nitrogens is 2. The van der Waals surface area contributed by atoms with Crippen LogP contribution in [0.25, 0.3) is 0 Å². The minimum Gasteiger partial charge on any atom is -0.377 e. The first-order valence-corrected chi connectivity index (χ1v) is 12.0. The van der Waals surface area contributed by atoms with Crippen molar-refractivity contribution in [1.82, 2.24) is 9.97 Å². The first-order chi connectivity index (χ1) is 16.9. The predicted octanol–water partition coefficient (Wildman–Crippen LogP) is 5.73. The third-order valence-corrected chi connectivity index (χ3v) is 6.98. The second kappa shape index (κ2) is 11.2. The molecule has 35 heavy (non-hydrogen) atoms. The molecule has 1 aromatic heterocycles. The number of benzene rings is 1. The number of nitrogens with zero attached hydrogens (tertiary/aromatic N) is 4. The Hall–Kier alpha value is -2.93. The molecule has 2 aliphatic rings. The Labute approximate surface area is 202 Å².